The molecule has 0 aliphatic carbocycles. The number of aromatic nitrogens is 3. The van der Waals surface area contributed by atoms with Crippen molar-refractivity contribution in [2.45, 2.75) is 0 Å². The number of β-amino-alcohol motifs (C(OH)–C–C–N with tert-alkyl or cyclic N) is 1. The zero-order valence-electron chi connectivity index (χ0n) is 13.3. The van der Waals surface area contributed by atoms with Crippen LogP contribution in [0, 0.1) is 0 Å². The van der Waals surface area contributed by atoms with Gasteiger partial charge in [-0.1, -0.05) is 6.07 Å². The maximum absolute atomic E-state index is 12.5. The number of nitrogens with zero attached hydrogens (tertiary/aromatic N) is 4. The number of carbonyl (C=O) groups excluding carboxylic acids is 2. The van der Waals surface area contributed by atoms with Crippen LogP contribution in [0.2, 0.25) is 0 Å². The Labute approximate surface area is 137 Å². The van der Waals surface area contributed by atoms with Gasteiger partial charge in [0.1, 0.15) is 16.7 Å². The van der Waals surface area contributed by atoms with E-state index < -0.39 is 5.97 Å². The summed E-state index contributed by atoms with van der Waals surface area (Å²) in [4.78, 5) is 27.3. The number of nitrogens with one attached hydrogen (secondary N) is 1. The van der Waals surface area contributed by atoms with Crippen LogP contribution in [0.15, 0.2) is 29.5 Å². The number of fused-ring (bicyclic) bond motifs is 1. The van der Waals surface area contributed by atoms with Crippen LogP contribution in [0.3, 0.4) is 0 Å². The van der Waals surface area contributed by atoms with Crippen molar-refractivity contribution in [3.8, 4) is 0 Å². The summed E-state index contributed by atoms with van der Waals surface area (Å²) in [5.41, 5.74) is 2.17. The van der Waals surface area contributed by atoms with Crippen LogP contribution < -0.4 is 5.32 Å². The molecule has 2 heterocycles. The SMILES string of the molecule is COC(=O)C1=C(Nc2cccc3nn(C)nc23)C(=O)N(CCO)C1. The van der Waals surface area contributed by atoms with Crippen molar-refractivity contribution in [2.24, 2.45) is 7.05 Å². The van der Waals surface area contributed by atoms with Gasteiger partial charge in [0.25, 0.3) is 5.91 Å². The number of hydrogen-bond acceptors (Lipinski definition) is 7. The second-order valence-corrected chi connectivity index (χ2v) is 5.28. The first kappa shape index (κ1) is 15.9. The number of ether oxygens (including phenoxy) is 1. The molecule has 1 aliphatic rings. The molecular weight excluding hydrogens is 314 g/mol. The van der Waals surface area contributed by atoms with E-state index in [1.165, 1.54) is 16.8 Å². The molecule has 0 unspecified atom stereocenters. The Kier molecular flexibility index (Phi) is 4.17. The number of aryl methyl sites for hydroxylation is 1. The number of rotatable bonds is 5. The summed E-state index contributed by atoms with van der Waals surface area (Å²) < 4.78 is 4.76. The first-order valence-electron chi connectivity index (χ1n) is 7.33. The lowest BCUT2D eigenvalue weighted by atomic mass is 10.2. The first-order chi connectivity index (χ1) is 11.5. The highest BCUT2D eigenvalue weighted by Gasteiger charge is 2.34. The second-order valence-electron chi connectivity index (χ2n) is 5.28. The number of aliphatic hydroxyl groups is 1. The van der Waals surface area contributed by atoms with Crippen LogP contribution in [0.4, 0.5) is 5.69 Å². The minimum absolute atomic E-state index is 0.0881. The summed E-state index contributed by atoms with van der Waals surface area (Å²) in [7, 11) is 2.96. The molecule has 0 spiro atoms. The van der Waals surface area contributed by atoms with E-state index in [9.17, 15) is 9.59 Å². The van der Waals surface area contributed by atoms with Gasteiger partial charge < -0.3 is 20.1 Å². The number of hydrogen-bond donors (Lipinski definition) is 2. The lowest BCUT2D eigenvalue weighted by Gasteiger charge is -2.15. The molecule has 1 aromatic carbocycles. The van der Waals surface area contributed by atoms with Gasteiger partial charge in [-0.05, 0) is 12.1 Å². The lowest BCUT2D eigenvalue weighted by molar-refractivity contribution is -0.136. The average Bonchev–Trinajstić information content (AvgIpc) is 3.09. The van der Waals surface area contributed by atoms with Crippen LogP contribution in [0.5, 0.6) is 0 Å². The summed E-state index contributed by atoms with van der Waals surface area (Å²) >= 11 is 0. The van der Waals surface area contributed by atoms with Crippen LogP contribution in [0.1, 0.15) is 0 Å². The van der Waals surface area contributed by atoms with Crippen molar-refractivity contribution in [1.29, 1.82) is 0 Å². The zero-order valence-corrected chi connectivity index (χ0v) is 13.3. The fourth-order valence-electron chi connectivity index (χ4n) is 2.62. The summed E-state index contributed by atoms with van der Waals surface area (Å²) in [6.45, 7) is 0.0396. The highest BCUT2D eigenvalue weighted by Crippen LogP contribution is 2.26. The van der Waals surface area contributed by atoms with Crippen molar-refractivity contribution in [3.63, 3.8) is 0 Å². The number of esters is 1. The fraction of sp³-hybridized carbons (Fsp3) is 0.333. The third kappa shape index (κ3) is 2.69. The number of aliphatic hydroxyl groups excluding tert-OH is 1. The molecule has 3 rings (SSSR count). The summed E-state index contributed by atoms with van der Waals surface area (Å²) in [6, 6.07) is 5.33. The molecule has 0 saturated heterocycles. The van der Waals surface area contributed by atoms with Crippen LogP contribution in [-0.2, 0) is 21.4 Å². The van der Waals surface area contributed by atoms with Crippen molar-refractivity contribution in [2.75, 3.05) is 32.1 Å². The van der Waals surface area contributed by atoms with E-state index in [0.29, 0.717) is 16.7 Å². The molecule has 1 amide bonds. The van der Waals surface area contributed by atoms with E-state index in [1.54, 1.807) is 25.2 Å². The minimum atomic E-state index is -0.586. The molecule has 1 aliphatic heterocycles. The monoisotopic (exact) mass is 331 g/mol. The van der Waals surface area contributed by atoms with E-state index >= 15 is 0 Å². The van der Waals surface area contributed by atoms with Crippen LogP contribution in [0.25, 0.3) is 11.0 Å². The van der Waals surface area contributed by atoms with Gasteiger partial charge in [-0.25, -0.2) is 4.79 Å². The van der Waals surface area contributed by atoms with E-state index in [0.717, 1.165) is 0 Å². The van der Waals surface area contributed by atoms with Gasteiger partial charge in [0.15, 0.2) is 0 Å². The molecule has 0 bridgehead atoms. The van der Waals surface area contributed by atoms with E-state index in [4.69, 9.17) is 9.84 Å². The molecule has 0 saturated carbocycles. The smallest absolute Gasteiger partial charge is 0.337 e. The fourth-order valence-corrected chi connectivity index (χ4v) is 2.62. The molecule has 126 valence electrons. The third-order valence-electron chi connectivity index (χ3n) is 3.73. The van der Waals surface area contributed by atoms with Gasteiger partial charge >= 0.3 is 5.97 Å². The van der Waals surface area contributed by atoms with Crippen molar-refractivity contribution < 1.29 is 19.4 Å². The standard InChI is InChI=1S/C15H17N5O4/c1-19-17-11-5-3-4-10(13(11)18-19)16-12-9(15(23)24-2)8-20(6-7-21)14(12)22/h3-5,16,21H,6-8H2,1-2H3. The van der Waals surface area contributed by atoms with Crippen molar-refractivity contribution in [1.82, 2.24) is 19.9 Å². The molecule has 1 aromatic heterocycles. The molecule has 9 heteroatoms. The Morgan fingerprint density at radius 1 is 1.42 bits per heavy atom. The maximum Gasteiger partial charge on any atom is 0.337 e. The Balaban J connectivity index is 2.00. The molecule has 9 nitrogen and oxygen atoms in total. The van der Waals surface area contributed by atoms with E-state index in [2.05, 4.69) is 15.5 Å². The van der Waals surface area contributed by atoms with Crippen molar-refractivity contribution in [3.05, 3.63) is 29.5 Å². The summed E-state index contributed by atoms with van der Waals surface area (Å²) in [5.74, 6) is -0.956. The van der Waals surface area contributed by atoms with Gasteiger partial charge in [-0.3, -0.25) is 4.79 Å². The lowest BCUT2D eigenvalue weighted by Crippen LogP contribution is -2.31. The highest BCUT2D eigenvalue weighted by atomic mass is 16.5. The molecule has 0 fully saturated rings. The van der Waals surface area contributed by atoms with Gasteiger partial charge in [0, 0.05) is 13.6 Å². The molecule has 0 radical (unpaired) electrons. The quantitative estimate of drug-likeness (QED) is 0.720. The molecule has 2 N–H and O–H groups in total. The van der Waals surface area contributed by atoms with Crippen LogP contribution in [-0.4, -0.2) is 63.7 Å². The van der Waals surface area contributed by atoms with Gasteiger partial charge in [0.2, 0.25) is 0 Å². The molecular formula is C15H17N5O4. The summed E-state index contributed by atoms with van der Waals surface area (Å²) in [6.07, 6.45) is 0. The van der Waals surface area contributed by atoms with E-state index in [1.807, 2.05) is 0 Å². The number of methoxy groups -OCH3 is 1. The summed E-state index contributed by atoms with van der Waals surface area (Å²) in [5, 5.41) is 20.5. The number of amides is 1. The van der Waals surface area contributed by atoms with Crippen LogP contribution >= 0.6 is 0 Å². The Morgan fingerprint density at radius 2 is 2.21 bits per heavy atom. The van der Waals surface area contributed by atoms with Gasteiger partial charge in [0.05, 0.1) is 31.5 Å². The highest BCUT2D eigenvalue weighted by molar-refractivity contribution is 6.09. The zero-order chi connectivity index (χ0) is 17.3. The number of anilines is 1. The predicted octanol–water partition coefficient (Wildman–Crippen LogP) is -0.358. The Hall–Kier alpha value is -2.94. The largest absolute Gasteiger partial charge is 0.466 e. The van der Waals surface area contributed by atoms with Crippen molar-refractivity contribution >= 4 is 28.6 Å². The average molecular weight is 331 g/mol. The predicted molar refractivity (Wildman–Crippen MR) is 84.8 cm³/mol. The third-order valence-corrected chi connectivity index (χ3v) is 3.73. The Bertz CT molecular complexity index is 842. The van der Waals surface area contributed by atoms with Gasteiger partial charge in [-0.2, -0.15) is 15.0 Å². The normalized spacial score (nSPS) is 14.6. The van der Waals surface area contributed by atoms with E-state index in [-0.39, 0.29) is 36.9 Å². The molecule has 0 atom stereocenters. The molecule has 24 heavy (non-hydrogen) atoms. The minimum Gasteiger partial charge on any atom is -0.466 e. The van der Waals surface area contributed by atoms with Gasteiger partial charge in [-0.15, -0.1) is 0 Å². The Morgan fingerprint density at radius 3 is 2.92 bits per heavy atom. The topological polar surface area (TPSA) is 110 Å². The first-order valence-corrected chi connectivity index (χ1v) is 7.33. The second kappa shape index (κ2) is 6.28. The number of carbonyl (C=O) groups is 2. The molecule has 2 aromatic rings. The maximum atomic E-state index is 12.5. The number of benzene rings is 1.